The van der Waals surface area contributed by atoms with Crippen LogP contribution in [0.3, 0.4) is 0 Å². The van der Waals surface area contributed by atoms with E-state index < -0.39 is 11.6 Å². The Morgan fingerprint density at radius 2 is 1.79 bits per heavy atom. The van der Waals surface area contributed by atoms with Crippen LogP contribution in [0.1, 0.15) is 11.1 Å². The van der Waals surface area contributed by atoms with Gasteiger partial charge in [0, 0.05) is 26.3 Å². The van der Waals surface area contributed by atoms with Gasteiger partial charge in [-0.1, -0.05) is 6.07 Å². The molecule has 0 radical (unpaired) electrons. The summed E-state index contributed by atoms with van der Waals surface area (Å²) >= 11 is 0. The van der Waals surface area contributed by atoms with Gasteiger partial charge in [0.15, 0.2) is 0 Å². The molecule has 0 atom stereocenters. The van der Waals surface area contributed by atoms with E-state index in [-0.39, 0.29) is 0 Å². The molecule has 1 aromatic carbocycles. The number of methoxy groups -OCH3 is 1. The van der Waals surface area contributed by atoms with Crippen LogP contribution < -0.4 is 5.32 Å². The Balaban J connectivity index is 2.17. The molecule has 0 saturated heterocycles. The number of ether oxygens (including phenoxy) is 2. The first-order chi connectivity index (χ1) is 9.15. The van der Waals surface area contributed by atoms with Gasteiger partial charge in [-0.3, -0.25) is 0 Å². The van der Waals surface area contributed by atoms with Gasteiger partial charge in [0.25, 0.3) is 0 Å². The van der Waals surface area contributed by atoms with Crippen LogP contribution in [0.5, 0.6) is 0 Å². The molecular weight excluding hydrogens is 252 g/mol. The molecule has 0 aliphatic carbocycles. The van der Waals surface area contributed by atoms with E-state index in [2.05, 4.69) is 5.32 Å². The largest absolute Gasteiger partial charge is 0.383 e. The minimum absolute atomic E-state index is 0.425. The topological polar surface area (TPSA) is 30.5 Å². The minimum Gasteiger partial charge on any atom is -0.383 e. The fourth-order valence-corrected chi connectivity index (χ4v) is 1.64. The first-order valence-electron chi connectivity index (χ1n) is 6.37. The lowest BCUT2D eigenvalue weighted by molar-refractivity contribution is 0.134. The summed E-state index contributed by atoms with van der Waals surface area (Å²) in [4.78, 5) is 0. The van der Waals surface area contributed by atoms with Gasteiger partial charge in [-0.25, -0.2) is 8.78 Å². The van der Waals surface area contributed by atoms with E-state index in [1.54, 1.807) is 14.0 Å². The second-order valence-corrected chi connectivity index (χ2v) is 4.30. The third kappa shape index (κ3) is 6.09. The Kier molecular flexibility index (Phi) is 7.55. The SMILES string of the molecule is COCCNCCOCCc1cc(C)c(F)cc1F. The van der Waals surface area contributed by atoms with Crippen LogP contribution >= 0.6 is 0 Å². The molecule has 19 heavy (non-hydrogen) atoms. The Morgan fingerprint density at radius 3 is 2.53 bits per heavy atom. The first kappa shape index (κ1) is 16.0. The summed E-state index contributed by atoms with van der Waals surface area (Å²) in [6.07, 6.45) is 0.449. The molecule has 1 N–H and O–H groups in total. The maximum absolute atomic E-state index is 13.4. The second-order valence-electron chi connectivity index (χ2n) is 4.30. The van der Waals surface area contributed by atoms with Crippen molar-refractivity contribution in [3.8, 4) is 0 Å². The quantitative estimate of drug-likeness (QED) is 0.699. The highest BCUT2D eigenvalue weighted by molar-refractivity contribution is 5.25. The van der Waals surface area contributed by atoms with E-state index in [1.807, 2.05) is 0 Å². The zero-order valence-electron chi connectivity index (χ0n) is 11.5. The van der Waals surface area contributed by atoms with Gasteiger partial charge in [-0.05, 0) is 24.5 Å². The Morgan fingerprint density at radius 1 is 1.05 bits per heavy atom. The van der Waals surface area contributed by atoms with Crippen LogP contribution in [-0.4, -0.2) is 40.0 Å². The van der Waals surface area contributed by atoms with Crippen molar-refractivity contribution in [2.75, 3.05) is 40.0 Å². The summed E-state index contributed by atoms with van der Waals surface area (Å²) in [6.45, 7) is 4.79. The number of benzene rings is 1. The molecule has 0 aliphatic heterocycles. The van der Waals surface area contributed by atoms with Crippen molar-refractivity contribution in [2.45, 2.75) is 13.3 Å². The van der Waals surface area contributed by atoms with Gasteiger partial charge >= 0.3 is 0 Å². The third-order valence-electron chi connectivity index (χ3n) is 2.75. The smallest absolute Gasteiger partial charge is 0.129 e. The summed E-state index contributed by atoms with van der Waals surface area (Å²) in [6, 6.07) is 2.46. The molecule has 0 amide bonds. The highest BCUT2D eigenvalue weighted by Gasteiger charge is 2.06. The maximum atomic E-state index is 13.4. The molecule has 0 bridgehead atoms. The summed E-state index contributed by atoms with van der Waals surface area (Å²) in [5, 5.41) is 3.14. The molecule has 1 rings (SSSR count). The lowest BCUT2D eigenvalue weighted by Crippen LogP contribution is -2.23. The Hall–Kier alpha value is -1.04. The van der Waals surface area contributed by atoms with Crippen LogP contribution in [0.15, 0.2) is 12.1 Å². The maximum Gasteiger partial charge on any atom is 0.129 e. The van der Waals surface area contributed by atoms with Crippen molar-refractivity contribution >= 4 is 0 Å². The lowest BCUT2D eigenvalue weighted by Gasteiger charge is -2.08. The Bertz CT molecular complexity index is 386. The summed E-state index contributed by atoms with van der Waals surface area (Å²) in [5.74, 6) is -1.02. The number of aryl methyl sites for hydroxylation is 1. The van der Waals surface area contributed by atoms with Gasteiger partial charge < -0.3 is 14.8 Å². The second kappa shape index (κ2) is 8.96. The molecule has 108 valence electrons. The molecule has 0 saturated carbocycles. The van der Waals surface area contributed by atoms with Gasteiger partial charge in [0.1, 0.15) is 11.6 Å². The summed E-state index contributed by atoms with van der Waals surface area (Å²) in [7, 11) is 1.65. The van der Waals surface area contributed by atoms with Crippen molar-refractivity contribution in [1.82, 2.24) is 5.32 Å². The van der Waals surface area contributed by atoms with Crippen LogP contribution in [0.25, 0.3) is 0 Å². The normalized spacial score (nSPS) is 10.9. The van der Waals surface area contributed by atoms with E-state index in [1.165, 1.54) is 6.07 Å². The predicted molar refractivity (Wildman–Crippen MR) is 70.4 cm³/mol. The van der Waals surface area contributed by atoms with Gasteiger partial charge in [0.2, 0.25) is 0 Å². The number of hydrogen-bond donors (Lipinski definition) is 1. The van der Waals surface area contributed by atoms with Crippen molar-refractivity contribution in [2.24, 2.45) is 0 Å². The molecule has 0 heterocycles. The van der Waals surface area contributed by atoms with Crippen LogP contribution in [0, 0.1) is 18.6 Å². The monoisotopic (exact) mass is 273 g/mol. The number of halogens is 2. The van der Waals surface area contributed by atoms with Crippen molar-refractivity contribution in [3.05, 3.63) is 34.9 Å². The van der Waals surface area contributed by atoms with E-state index in [9.17, 15) is 8.78 Å². The highest BCUT2D eigenvalue weighted by atomic mass is 19.1. The lowest BCUT2D eigenvalue weighted by atomic mass is 10.1. The molecule has 0 spiro atoms. The standard InChI is InChI=1S/C14H21F2NO2/c1-11-9-12(14(16)10-13(11)15)3-6-19-8-5-17-4-7-18-2/h9-10,17H,3-8H2,1-2H3. The molecule has 3 nitrogen and oxygen atoms in total. The van der Waals surface area contributed by atoms with E-state index in [0.29, 0.717) is 37.4 Å². The zero-order valence-corrected chi connectivity index (χ0v) is 11.5. The van der Waals surface area contributed by atoms with Crippen LogP contribution in [0.4, 0.5) is 8.78 Å². The average Bonchev–Trinajstić information content (AvgIpc) is 2.38. The van der Waals surface area contributed by atoms with Crippen LogP contribution in [-0.2, 0) is 15.9 Å². The van der Waals surface area contributed by atoms with Crippen molar-refractivity contribution < 1.29 is 18.3 Å². The van der Waals surface area contributed by atoms with Crippen molar-refractivity contribution in [3.63, 3.8) is 0 Å². The molecule has 1 aromatic rings. The summed E-state index contributed by atoms with van der Waals surface area (Å²) in [5.41, 5.74) is 0.948. The average molecular weight is 273 g/mol. The van der Waals surface area contributed by atoms with E-state index in [4.69, 9.17) is 9.47 Å². The van der Waals surface area contributed by atoms with Gasteiger partial charge in [0.05, 0.1) is 19.8 Å². The first-order valence-corrected chi connectivity index (χ1v) is 6.37. The molecule has 0 unspecified atom stereocenters. The van der Waals surface area contributed by atoms with E-state index in [0.717, 1.165) is 19.2 Å². The molecular formula is C14H21F2NO2. The third-order valence-corrected chi connectivity index (χ3v) is 2.75. The van der Waals surface area contributed by atoms with Crippen LogP contribution in [0.2, 0.25) is 0 Å². The fraction of sp³-hybridized carbons (Fsp3) is 0.571. The summed E-state index contributed by atoms with van der Waals surface area (Å²) < 4.78 is 36.7. The minimum atomic E-state index is -0.510. The molecule has 0 aromatic heterocycles. The molecule has 0 fully saturated rings. The number of rotatable bonds is 9. The molecule has 0 aliphatic rings. The zero-order chi connectivity index (χ0) is 14.1. The fourth-order valence-electron chi connectivity index (χ4n) is 1.64. The number of hydrogen-bond acceptors (Lipinski definition) is 3. The number of nitrogens with one attached hydrogen (secondary N) is 1. The molecule has 5 heteroatoms. The van der Waals surface area contributed by atoms with Gasteiger partial charge in [-0.2, -0.15) is 0 Å². The Labute approximate surface area is 112 Å². The van der Waals surface area contributed by atoms with E-state index >= 15 is 0 Å². The van der Waals surface area contributed by atoms with Gasteiger partial charge in [-0.15, -0.1) is 0 Å². The van der Waals surface area contributed by atoms with Crippen molar-refractivity contribution in [1.29, 1.82) is 0 Å². The predicted octanol–water partition coefficient (Wildman–Crippen LogP) is 2.07. The highest BCUT2D eigenvalue weighted by Crippen LogP contribution is 2.14.